The van der Waals surface area contributed by atoms with Crippen LogP contribution in [0, 0.1) is 6.92 Å². The fourth-order valence-corrected chi connectivity index (χ4v) is 3.10. The van der Waals surface area contributed by atoms with Crippen molar-refractivity contribution in [2.75, 3.05) is 13.7 Å². The van der Waals surface area contributed by atoms with Gasteiger partial charge in [-0.25, -0.2) is 9.78 Å². The van der Waals surface area contributed by atoms with Crippen LogP contribution in [0.25, 0.3) is 11.0 Å². The van der Waals surface area contributed by atoms with Crippen LogP contribution >= 0.6 is 11.6 Å². The number of carbonyl (C=O) groups excluding carboxylic acids is 1. The van der Waals surface area contributed by atoms with Gasteiger partial charge < -0.3 is 14.0 Å². The van der Waals surface area contributed by atoms with Crippen LogP contribution in [-0.4, -0.2) is 37.3 Å². The Hall–Kier alpha value is -1.37. The van der Waals surface area contributed by atoms with E-state index in [4.69, 9.17) is 21.1 Å². The van der Waals surface area contributed by atoms with Gasteiger partial charge in [0.1, 0.15) is 17.6 Å². The van der Waals surface area contributed by atoms with Crippen LogP contribution in [0.4, 0.5) is 0 Å². The minimum absolute atomic E-state index is 0.293. The number of aryl methyl sites for hydroxylation is 1. The standard InChI is InChI=1S/C16H23ClN2O3Si/c1-11-8-13-12(18-15(11)17)9-14(16(20)21-2)19(13)10-22-6-7-23(3,4)5/h8-9H,6-7,10H2,1-5H3. The van der Waals surface area contributed by atoms with Gasteiger partial charge in [0.15, 0.2) is 0 Å². The first-order chi connectivity index (χ1) is 10.7. The van der Waals surface area contributed by atoms with Crippen LogP contribution in [0.1, 0.15) is 16.1 Å². The molecule has 0 atom stereocenters. The minimum Gasteiger partial charge on any atom is -0.464 e. The summed E-state index contributed by atoms with van der Waals surface area (Å²) in [6.07, 6.45) is 0. The lowest BCUT2D eigenvalue weighted by Crippen LogP contribution is -2.22. The number of halogens is 1. The molecular formula is C16H23ClN2O3Si. The molecule has 7 heteroatoms. The molecule has 0 aliphatic heterocycles. The predicted molar refractivity (Wildman–Crippen MR) is 94.9 cm³/mol. The third-order valence-corrected chi connectivity index (χ3v) is 5.71. The monoisotopic (exact) mass is 354 g/mol. The van der Waals surface area contributed by atoms with E-state index in [0.29, 0.717) is 29.7 Å². The normalized spacial score (nSPS) is 11.9. The SMILES string of the molecule is COC(=O)c1cc2nc(Cl)c(C)cc2n1COCC[Si](C)(C)C. The quantitative estimate of drug-likeness (QED) is 0.339. The third-order valence-electron chi connectivity index (χ3n) is 3.63. The zero-order chi connectivity index (χ0) is 17.2. The van der Waals surface area contributed by atoms with Gasteiger partial charge in [0, 0.05) is 14.7 Å². The highest BCUT2D eigenvalue weighted by Crippen LogP contribution is 2.24. The molecule has 0 aliphatic rings. The first kappa shape index (κ1) is 18.0. The van der Waals surface area contributed by atoms with Gasteiger partial charge in [-0.15, -0.1) is 0 Å². The highest BCUT2D eigenvalue weighted by Gasteiger charge is 2.18. The molecule has 0 radical (unpaired) electrons. The molecule has 0 spiro atoms. The lowest BCUT2D eigenvalue weighted by Gasteiger charge is -2.16. The van der Waals surface area contributed by atoms with Gasteiger partial charge in [-0.2, -0.15) is 0 Å². The molecule has 0 saturated carbocycles. The number of fused-ring (bicyclic) bond motifs is 1. The summed E-state index contributed by atoms with van der Waals surface area (Å²) in [4.78, 5) is 16.3. The molecule has 0 aromatic carbocycles. The van der Waals surface area contributed by atoms with Crippen molar-refractivity contribution in [3.63, 3.8) is 0 Å². The first-order valence-corrected chi connectivity index (χ1v) is 11.6. The van der Waals surface area contributed by atoms with Gasteiger partial charge in [0.2, 0.25) is 0 Å². The molecule has 0 fully saturated rings. The number of rotatable bonds is 6. The van der Waals surface area contributed by atoms with Crippen molar-refractivity contribution in [3.8, 4) is 0 Å². The molecule has 2 rings (SSSR count). The summed E-state index contributed by atoms with van der Waals surface area (Å²) in [5.74, 6) is -0.412. The third kappa shape index (κ3) is 4.34. The van der Waals surface area contributed by atoms with E-state index >= 15 is 0 Å². The van der Waals surface area contributed by atoms with E-state index in [2.05, 4.69) is 24.6 Å². The fourth-order valence-electron chi connectivity index (χ4n) is 2.20. The van der Waals surface area contributed by atoms with Crippen molar-refractivity contribution >= 4 is 36.7 Å². The molecule has 0 N–H and O–H groups in total. The lowest BCUT2D eigenvalue weighted by atomic mass is 10.3. The highest BCUT2D eigenvalue weighted by atomic mass is 35.5. The van der Waals surface area contributed by atoms with Gasteiger partial charge in [-0.3, -0.25) is 0 Å². The largest absolute Gasteiger partial charge is 0.464 e. The molecule has 0 aliphatic carbocycles. The van der Waals surface area contributed by atoms with Crippen LogP contribution in [0.15, 0.2) is 12.1 Å². The molecule has 2 heterocycles. The molecule has 23 heavy (non-hydrogen) atoms. The Morgan fingerprint density at radius 2 is 2.04 bits per heavy atom. The van der Waals surface area contributed by atoms with Crippen molar-refractivity contribution in [1.82, 2.24) is 9.55 Å². The Labute approximate surface area is 142 Å². The van der Waals surface area contributed by atoms with Crippen LogP contribution in [0.5, 0.6) is 0 Å². The molecular weight excluding hydrogens is 332 g/mol. The summed E-state index contributed by atoms with van der Waals surface area (Å²) in [5.41, 5.74) is 2.76. The number of hydrogen-bond acceptors (Lipinski definition) is 4. The van der Waals surface area contributed by atoms with E-state index in [1.54, 1.807) is 10.6 Å². The van der Waals surface area contributed by atoms with Crippen molar-refractivity contribution in [3.05, 3.63) is 28.5 Å². The van der Waals surface area contributed by atoms with Crippen LogP contribution in [0.2, 0.25) is 30.8 Å². The number of nitrogens with zero attached hydrogens (tertiary/aromatic N) is 2. The topological polar surface area (TPSA) is 53.3 Å². The van der Waals surface area contributed by atoms with E-state index in [9.17, 15) is 4.79 Å². The second-order valence-electron chi connectivity index (χ2n) is 6.80. The smallest absolute Gasteiger partial charge is 0.354 e. The number of esters is 1. The Balaban J connectivity index is 2.31. The zero-order valence-corrected chi connectivity index (χ0v) is 16.0. The summed E-state index contributed by atoms with van der Waals surface area (Å²) >= 11 is 6.08. The summed E-state index contributed by atoms with van der Waals surface area (Å²) in [6.45, 7) is 9.76. The average Bonchev–Trinajstić information content (AvgIpc) is 2.80. The van der Waals surface area contributed by atoms with Crippen LogP contribution < -0.4 is 0 Å². The van der Waals surface area contributed by atoms with Crippen molar-refractivity contribution in [2.24, 2.45) is 0 Å². The average molecular weight is 355 g/mol. The van der Waals surface area contributed by atoms with Crippen molar-refractivity contribution in [1.29, 1.82) is 0 Å². The van der Waals surface area contributed by atoms with E-state index in [1.165, 1.54) is 7.11 Å². The van der Waals surface area contributed by atoms with Crippen LogP contribution in [0.3, 0.4) is 0 Å². The summed E-state index contributed by atoms with van der Waals surface area (Å²) < 4.78 is 12.4. The molecule has 0 bridgehead atoms. The van der Waals surface area contributed by atoms with Crippen molar-refractivity contribution in [2.45, 2.75) is 39.3 Å². The van der Waals surface area contributed by atoms with Gasteiger partial charge in [0.05, 0.1) is 18.1 Å². The zero-order valence-electron chi connectivity index (χ0n) is 14.3. The maximum Gasteiger partial charge on any atom is 0.354 e. The Morgan fingerprint density at radius 3 is 2.65 bits per heavy atom. The van der Waals surface area contributed by atoms with E-state index in [1.807, 2.05) is 13.0 Å². The van der Waals surface area contributed by atoms with Crippen molar-refractivity contribution < 1.29 is 14.3 Å². The molecule has 0 unspecified atom stereocenters. The molecule has 0 amide bonds. The molecule has 126 valence electrons. The number of hydrogen-bond donors (Lipinski definition) is 0. The van der Waals surface area contributed by atoms with Gasteiger partial charge in [0.25, 0.3) is 0 Å². The lowest BCUT2D eigenvalue weighted by molar-refractivity contribution is 0.0546. The van der Waals surface area contributed by atoms with Gasteiger partial charge >= 0.3 is 5.97 Å². The van der Waals surface area contributed by atoms with Gasteiger partial charge in [-0.05, 0) is 30.7 Å². The number of aromatic nitrogens is 2. The maximum atomic E-state index is 12.0. The number of ether oxygens (including phenoxy) is 2. The highest BCUT2D eigenvalue weighted by molar-refractivity contribution is 6.76. The number of pyridine rings is 1. The molecule has 2 aromatic heterocycles. The van der Waals surface area contributed by atoms with E-state index in [0.717, 1.165) is 17.1 Å². The number of methoxy groups -OCH3 is 1. The molecule has 0 saturated heterocycles. The first-order valence-electron chi connectivity index (χ1n) is 7.55. The summed E-state index contributed by atoms with van der Waals surface area (Å²) in [5, 5.41) is 0.436. The Morgan fingerprint density at radius 1 is 1.35 bits per heavy atom. The van der Waals surface area contributed by atoms with E-state index < -0.39 is 14.0 Å². The van der Waals surface area contributed by atoms with Gasteiger partial charge in [-0.1, -0.05) is 31.2 Å². The van der Waals surface area contributed by atoms with Crippen LogP contribution in [-0.2, 0) is 16.2 Å². The predicted octanol–water partition coefficient (Wildman–Crippen LogP) is 4.10. The minimum atomic E-state index is -1.15. The number of carbonyl (C=O) groups is 1. The molecule has 5 nitrogen and oxygen atoms in total. The second-order valence-corrected chi connectivity index (χ2v) is 12.8. The summed E-state index contributed by atoms with van der Waals surface area (Å²) in [7, 11) is 0.216. The van der Waals surface area contributed by atoms with E-state index in [-0.39, 0.29) is 0 Å². The molecule has 2 aromatic rings. The second kappa shape index (κ2) is 7.03. The summed E-state index contributed by atoms with van der Waals surface area (Å²) in [6, 6.07) is 4.68. The maximum absolute atomic E-state index is 12.0. The Kier molecular flexibility index (Phi) is 5.49. The fraction of sp³-hybridized carbons (Fsp3) is 0.500. The Bertz CT molecular complexity index is 722.